The first kappa shape index (κ1) is 14.2. The summed E-state index contributed by atoms with van der Waals surface area (Å²) in [6.07, 6.45) is 6.21. The van der Waals surface area contributed by atoms with Gasteiger partial charge in [-0.15, -0.1) is 0 Å². The molecule has 5 atom stereocenters. The van der Waals surface area contributed by atoms with Crippen LogP contribution in [0.1, 0.15) is 31.0 Å². The molecule has 1 aromatic rings. The number of fused-ring (bicyclic) bond motifs is 5. The molecule has 0 aromatic carbocycles. The molecule has 3 saturated carbocycles. The average molecular weight is 355 g/mol. The molecule has 3 aliphatic carbocycles. The average Bonchev–Trinajstić information content (AvgIpc) is 2.80. The molecule has 3 fully saturated rings. The van der Waals surface area contributed by atoms with Gasteiger partial charge >= 0.3 is 0 Å². The van der Waals surface area contributed by atoms with E-state index in [1.165, 1.54) is 25.0 Å². The highest BCUT2D eigenvalue weighted by molar-refractivity contribution is 9.10. The molecule has 0 radical (unpaired) electrons. The highest BCUT2D eigenvalue weighted by atomic mass is 79.9. The van der Waals surface area contributed by atoms with E-state index in [0.717, 1.165) is 34.7 Å². The van der Waals surface area contributed by atoms with Crippen molar-refractivity contribution in [2.45, 2.75) is 31.8 Å². The Morgan fingerprint density at radius 2 is 2.19 bits per heavy atom. The van der Waals surface area contributed by atoms with Crippen LogP contribution in [0.15, 0.2) is 10.7 Å². The van der Waals surface area contributed by atoms with E-state index in [0.29, 0.717) is 12.5 Å². The van der Waals surface area contributed by atoms with Crippen molar-refractivity contribution in [2.24, 2.45) is 35.4 Å². The molecule has 1 aromatic heterocycles. The molecule has 3 N–H and O–H groups in total. The number of methoxy groups -OCH3 is 1. The maximum Gasteiger partial charge on any atom is 0.0713 e. The minimum absolute atomic E-state index is 0.206. The summed E-state index contributed by atoms with van der Waals surface area (Å²) < 4.78 is 8.28. The van der Waals surface area contributed by atoms with Gasteiger partial charge in [0.1, 0.15) is 0 Å². The van der Waals surface area contributed by atoms with Gasteiger partial charge in [0.15, 0.2) is 0 Å². The van der Waals surface area contributed by atoms with E-state index in [2.05, 4.69) is 26.5 Å². The van der Waals surface area contributed by atoms with Gasteiger partial charge in [0.05, 0.1) is 35.6 Å². The molecular formula is C15H23BrN4O. The summed E-state index contributed by atoms with van der Waals surface area (Å²) >= 11 is 3.65. The topological polar surface area (TPSA) is 65.1 Å². The lowest BCUT2D eigenvalue weighted by molar-refractivity contribution is 0.180. The first-order chi connectivity index (χ1) is 10.3. The van der Waals surface area contributed by atoms with Gasteiger partial charge in [0.2, 0.25) is 0 Å². The maximum absolute atomic E-state index is 5.94. The van der Waals surface area contributed by atoms with Crippen molar-refractivity contribution in [2.75, 3.05) is 13.7 Å². The number of hydrogen-bond acceptors (Lipinski definition) is 4. The standard InChI is InChI=1S/C15H23BrN4O/c1-21-5-4-20-15(10(16)7-18-20)14(19-17)13-11-8-2-3-9(6-8)12(11)13/h7-9,11-14,19H,2-6,17H2,1H3. The van der Waals surface area contributed by atoms with Crippen LogP contribution < -0.4 is 11.3 Å². The van der Waals surface area contributed by atoms with Crippen LogP contribution in [0, 0.1) is 29.6 Å². The molecule has 5 nitrogen and oxygen atoms in total. The van der Waals surface area contributed by atoms with Gasteiger partial charge in [-0.1, -0.05) is 0 Å². The largest absolute Gasteiger partial charge is 0.383 e. The molecular weight excluding hydrogens is 332 g/mol. The minimum Gasteiger partial charge on any atom is -0.383 e. The zero-order valence-electron chi connectivity index (χ0n) is 12.3. The lowest BCUT2D eigenvalue weighted by Crippen LogP contribution is -2.33. The maximum atomic E-state index is 5.94. The molecule has 5 unspecified atom stereocenters. The molecule has 4 rings (SSSR count). The molecule has 3 aliphatic rings. The van der Waals surface area contributed by atoms with Crippen LogP contribution in [-0.4, -0.2) is 23.5 Å². The van der Waals surface area contributed by atoms with E-state index in [-0.39, 0.29) is 6.04 Å². The summed E-state index contributed by atoms with van der Waals surface area (Å²) in [6, 6.07) is 0.206. The fourth-order valence-corrected chi connectivity index (χ4v) is 5.79. The summed E-state index contributed by atoms with van der Waals surface area (Å²) in [6.45, 7) is 1.44. The third-order valence-electron chi connectivity index (χ3n) is 5.99. The lowest BCUT2D eigenvalue weighted by atomic mass is 9.96. The molecule has 116 valence electrons. The highest BCUT2D eigenvalue weighted by Gasteiger charge is 2.67. The Balaban J connectivity index is 1.58. The number of hydrogen-bond donors (Lipinski definition) is 2. The Labute approximate surface area is 133 Å². The number of nitrogens with one attached hydrogen (secondary N) is 1. The zero-order valence-corrected chi connectivity index (χ0v) is 13.9. The van der Waals surface area contributed by atoms with Gasteiger partial charge in [0, 0.05) is 7.11 Å². The number of ether oxygens (including phenoxy) is 1. The summed E-state index contributed by atoms with van der Waals surface area (Å²) in [5, 5.41) is 4.47. The van der Waals surface area contributed by atoms with E-state index < -0.39 is 0 Å². The van der Waals surface area contributed by atoms with Crippen LogP contribution >= 0.6 is 15.9 Å². The second-order valence-electron chi connectivity index (χ2n) is 6.80. The summed E-state index contributed by atoms with van der Waals surface area (Å²) in [4.78, 5) is 0. The molecule has 2 bridgehead atoms. The smallest absolute Gasteiger partial charge is 0.0713 e. The van der Waals surface area contributed by atoms with Crippen LogP contribution in [0.25, 0.3) is 0 Å². The van der Waals surface area contributed by atoms with E-state index in [1.54, 1.807) is 7.11 Å². The molecule has 21 heavy (non-hydrogen) atoms. The van der Waals surface area contributed by atoms with Crippen LogP contribution in [0.3, 0.4) is 0 Å². The van der Waals surface area contributed by atoms with Gasteiger partial charge in [-0.3, -0.25) is 16.0 Å². The third kappa shape index (κ3) is 2.11. The molecule has 0 amide bonds. The van der Waals surface area contributed by atoms with E-state index >= 15 is 0 Å². The Morgan fingerprint density at radius 3 is 2.81 bits per heavy atom. The Bertz CT molecular complexity index is 518. The summed E-state index contributed by atoms with van der Waals surface area (Å²) in [5.41, 5.74) is 4.28. The van der Waals surface area contributed by atoms with Gasteiger partial charge in [-0.05, 0) is 64.8 Å². The monoisotopic (exact) mass is 354 g/mol. The van der Waals surface area contributed by atoms with E-state index in [4.69, 9.17) is 10.6 Å². The van der Waals surface area contributed by atoms with Crippen LogP contribution in [0.4, 0.5) is 0 Å². The van der Waals surface area contributed by atoms with Gasteiger partial charge in [0.25, 0.3) is 0 Å². The van der Waals surface area contributed by atoms with Gasteiger partial charge in [-0.2, -0.15) is 5.10 Å². The molecule has 6 heteroatoms. The SMILES string of the molecule is COCCn1ncc(Br)c1C(NN)C1C2C3CCC(C3)C21. The Kier molecular flexibility index (Phi) is 3.60. The zero-order chi connectivity index (χ0) is 14.6. The van der Waals surface area contributed by atoms with Crippen molar-refractivity contribution >= 4 is 15.9 Å². The Morgan fingerprint density at radius 1 is 1.48 bits per heavy atom. The molecule has 0 saturated heterocycles. The molecule has 1 heterocycles. The normalized spacial score (nSPS) is 37.8. The highest BCUT2D eigenvalue weighted by Crippen LogP contribution is 2.72. The van der Waals surface area contributed by atoms with Crippen molar-refractivity contribution in [3.8, 4) is 0 Å². The van der Waals surface area contributed by atoms with Crippen molar-refractivity contribution < 1.29 is 4.74 Å². The second-order valence-corrected chi connectivity index (χ2v) is 7.66. The van der Waals surface area contributed by atoms with E-state index in [1.807, 2.05) is 10.9 Å². The Hall–Kier alpha value is -0.430. The minimum atomic E-state index is 0.206. The van der Waals surface area contributed by atoms with Crippen LogP contribution in [0.2, 0.25) is 0 Å². The van der Waals surface area contributed by atoms with E-state index in [9.17, 15) is 0 Å². The predicted molar refractivity (Wildman–Crippen MR) is 83.2 cm³/mol. The number of aromatic nitrogens is 2. The lowest BCUT2D eigenvalue weighted by Gasteiger charge is -2.21. The van der Waals surface area contributed by atoms with Crippen molar-refractivity contribution in [1.29, 1.82) is 0 Å². The summed E-state index contributed by atoms with van der Waals surface area (Å²) in [7, 11) is 1.72. The van der Waals surface area contributed by atoms with Crippen LogP contribution in [0.5, 0.6) is 0 Å². The fourth-order valence-electron chi connectivity index (χ4n) is 5.25. The fraction of sp³-hybridized carbons (Fsp3) is 0.800. The van der Waals surface area contributed by atoms with Crippen molar-refractivity contribution in [3.63, 3.8) is 0 Å². The number of hydrazine groups is 1. The quantitative estimate of drug-likeness (QED) is 0.606. The van der Waals surface area contributed by atoms with Crippen molar-refractivity contribution in [1.82, 2.24) is 15.2 Å². The summed E-state index contributed by atoms with van der Waals surface area (Å²) in [5.74, 6) is 10.3. The van der Waals surface area contributed by atoms with Gasteiger partial charge in [-0.25, -0.2) is 0 Å². The number of nitrogens with zero attached hydrogens (tertiary/aromatic N) is 2. The first-order valence-electron chi connectivity index (χ1n) is 7.92. The van der Waals surface area contributed by atoms with Crippen LogP contribution in [-0.2, 0) is 11.3 Å². The predicted octanol–water partition coefficient (Wildman–Crippen LogP) is 2.09. The number of nitrogens with two attached hydrogens (primary N) is 1. The molecule has 0 spiro atoms. The number of rotatable bonds is 6. The van der Waals surface area contributed by atoms with Gasteiger partial charge < -0.3 is 4.74 Å². The second kappa shape index (κ2) is 5.33. The number of halogens is 1. The van der Waals surface area contributed by atoms with Crippen molar-refractivity contribution in [3.05, 3.63) is 16.4 Å². The molecule has 0 aliphatic heterocycles. The first-order valence-corrected chi connectivity index (χ1v) is 8.71. The third-order valence-corrected chi connectivity index (χ3v) is 6.61.